The molecule has 1 aromatic heterocycles. The van der Waals surface area contributed by atoms with Crippen LogP contribution in [-0.4, -0.2) is 92.9 Å². The van der Waals surface area contributed by atoms with E-state index >= 15 is 0 Å². The van der Waals surface area contributed by atoms with Crippen LogP contribution in [0.25, 0.3) is 5.57 Å². The van der Waals surface area contributed by atoms with Crippen LogP contribution in [0.5, 0.6) is 11.5 Å². The van der Waals surface area contributed by atoms with Gasteiger partial charge in [-0.3, -0.25) is 19.9 Å². The summed E-state index contributed by atoms with van der Waals surface area (Å²) in [4.78, 5) is 29.8. The van der Waals surface area contributed by atoms with Crippen molar-refractivity contribution in [2.45, 2.75) is 61.4 Å². The topological polar surface area (TPSA) is 166 Å². The molecule has 2 heterocycles. The maximum atomic E-state index is 11.9. The highest BCUT2D eigenvalue weighted by molar-refractivity contribution is 6.55. The maximum absolute atomic E-state index is 11.9. The first kappa shape index (κ1) is 42.0. The molecule has 1 aliphatic heterocycles. The average molecular weight is 813 g/mol. The predicted molar refractivity (Wildman–Crippen MR) is 210 cm³/mol. The largest absolute Gasteiger partial charge is 0.488 e. The number of alkyl halides is 2. The molecular weight excluding hydrogens is 769 g/mol. The third kappa shape index (κ3) is 10.4. The zero-order valence-electron chi connectivity index (χ0n) is 30.6. The van der Waals surface area contributed by atoms with E-state index in [1.165, 1.54) is 20.0 Å². The van der Waals surface area contributed by atoms with E-state index in [-0.39, 0.29) is 49.1 Å². The Kier molecular flexibility index (Phi) is 14.2. The van der Waals surface area contributed by atoms with Gasteiger partial charge >= 0.3 is 5.97 Å². The van der Waals surface area contributed by atoms with Gasteiger partial charge < -0.3 is 34.6 Å². The van der Waals surface area contributed by atoms with Gasteiger partial charge in [0.2, 0.25) is 5.91 Å². The fourth-order valence-corrected chi connectivity index (χ4v) is 7.29. The van der Waals surface area contributed by atoms with E-state index < -0.39 is 28.0 Å². The van der Waals surface area contributed by atoms with E-state index in [9.17, 15) is 25.1 Å². The van der Waals surface area contributed by atoms with Crippen molar-refractivity contribution in [1.29, 1.82) is 5.26 Å². The number of aliphatic carboxylic acids is 1. The number of nitrogens with zero attached hydrogens (tertiary/aromatic N) is 3. The lowest BCUT2D eigenvalue weighted by molar-refractivity contribution is -0.146. The van der Waals surface area contributed by atoms with Crippen LogP contribution >= 0.6 is 34.8 Å². The molecule has 1 amide bonds. The van der Waals surface area contributed by atoms with Crippen LogP contribution in [-0.2, 0) is 27.5 Å². The number of likely N-dealkylation sites (tertiary alicyclic amines) is 1. The molecule has 3 atom stereocenters. The monoisotopic (exact) mass is 811 g/mol. The van der Waals surface area contributed by atoms with Crippen molar-refractivity contribution >= 4 is 52.3 Å². The second-order valence-corrected chi connectivity index (χ2v) is 15.5. The molecule has 2 aromatic carbocycles. The standard InChI is InChI=1S/C40H44Cl3N5O7/c1-27(50)47-32-11-14-48(23-32)13-7-15-55-39(12-6-10-33(40(39,42)43)30-8-4-3-5-9-30)26-54-36-18-35(53-24-29-16-28(19-44)20-45-21-29)31(17-34(36)41)22-46-38(2,25-49)37(51)52/h3-6,8-10,12,16-18,20-21,32,46,49H,7,11,13-15,22-26H2,1-2H3,(H,47,50)(H,51,52)/t32-,38?,39?/m0/s1. The number of pyridine rings is 1. The molecule has 15 heteroatoms. The molecule has 4 N–H and O–H groups in total. The molecule has 2 aliphatic rings. The van der Waals surface area contributed by atoms with E-state index in [1.54, 1.807) is 30.5 Å². The quantitative estimate of drug-likeness (QED) is 0.0924. The van der Waals surface area contributed by atoms with Crippen LogP contribution in [0.15, 0.2) is 79.2 Å². The molecule has 1 fully saturated rings. The van der Waals surface area contributed by atoms with Crippen LogP contribution in [0.1, 0.15) is 48.9 Å². The molecule has 0 radical (unpaired) electrons. The van der Waals surface area contributed by atoms with Gasteiger partial charge in [-0.1, -0.05) is 77.3 Å². The van der Waals surface area contributed by atoms with Crippen LogP contribution in [0, 0.1) is 11.3 Å². The number of aromatic nitrogens is 1. The first-order valence-electron chi connectivity index (χ1n) is 17.8. The van der Waals surface area contributed by atoms with Gasteiger partial charge in [0, 0.05) is 75.3 Å². The van der Waals surface area contributed by atoms with Gasteiger partial charge in [0.15, 0.2) is 9.93 Å². The molecule has 5 rings (SSSR count). The number of carbonyl (C=O) groups is 2. The van der Waals surface area contributed by atoms with Crippen LogP contribution in [0.3, 0.4) is 0 Å². The molecule has 0 saturated carbocycles. The number of nitriles is 1. The Morgan fingerprint density at radius 2 is 1.93 bits per heavy atom. The number of allylic oxidation sites excluding steroid dienone is 2. The third-order valence-corrected chi connectivity index (χ3v) is 10.9. The van der Waals surface area contributed by atoms with Gasteiger partial charge in [-0.2, -0.15) is 5.26 Å². The second kappa shape index (κ2) is 18.6. The van der Waals surface area contributed by atoms with Crippen molar-refractivity contribution < 1.29 is 34.0 Å². The number of halogens is 3. The van der Waals surface area contributed by atoms with Gasteiger partial charge in [0.05, 0.1) is 17.2 Å². The first-order valence-corrected chi connectivity index (χ1v) is 18.9. The van der Waals surface area contributed by atoms with Crippen molar-refractivity contribution in [3.63, 3.8) is 0 Å². The SMILES string of the molecule is CC(=O)N[C@H]1CCN(CCCOC2(COc3cc(OCc4cncc(C#N)c4)c(CNC(C)(CO)C(=O)O)cc3Cl)C=CC=C(c3ccccc3)C2(Cl)Cl)C1. The lowest BCUT2D eigenvalue weighted by Gasteiger charge is -2.43. The summed E-state index contributed by atoms with van der Waals surface area (Å²) < 4.78 is 17.6. The number of rotatable bonds is 18. The Balaban J connectivity index is 1.40. The van der Waals surface area contributed by atoms with Crippen molar-refractivity contribution in [2.24, 2.45) is 0 Å². The Labute approximate surface area is 335 Å². The van der Waals surface area contributed by atoms with E-state index in [0.29, 0.717) is 34.4 Å². The number of aliphatic hydroxyl groups is 1. The van der Waals surface area contributed by atoms with Gasteiger partial charge in [0.25, 0.3) is 0 Å². The number of carbonyl (C=O) groups excluding carboxylic acids is 1. The van der Waals surface area contributed by atoms with Crippen LogP contribution < -0.4 is 20.1 Å². The Bertz CT molecular complexity index is 1940. The smallest absolute Gasteiger partial charge is 0.326 e. The Morgan fingerprint density at radius 3 is 2.64 bits per heavy atom. The summed E-state index contributed by atoms with van der Waals surface area (Å²) in [6.07, 6.45) is 10.0. The molecular formula is C40H44Cl3N5O7. The van der Waals surface area contributed by atoms with E-state index in [0.717, 1.165) is 31.6 Å². The minimum atomic E-state index is -1.64. The zero-order chi connectivity index (χ0) is 39.6. The van der Waals surface area contributed by atoms with Crippen LogP contribution in [0.4, 0.5) is 0 Å². The number of ether oxygens (including phenoxy) is 3. The number of hydrogen-bond acceptors (Lipinski definition) is 10. The van der Waals surface area contributed by atoms with Crippen LogP contribution in [0.2, 0.25) is 5.02 Å². The number of benzene rings is 2. The molecule has 2 unspecified atom stereocenters. The van der Waals surface area contributed by atoms with E-state index in [1.807, 2.05) is 42.5 Å². The molecule has 55 heavy (non-hydrogen) atoms. The molecule has 0 spiro atoms. The lowest BCUT2D eigenvalue weighted by atomic mass is 9.85. The number of amides is 1. The molecule has 1 saturated heterocycles. The summed E-state index contributed by atoms with van der Waals surface area (Å²) in [5.74, 6) is -0.771. The summed E-state index contributed by atoms with van der Waals surface area (Å²) in [5.41, 5.74) is -0.145. The Morgan fingerprint density at radius 1 is 1.15 bits per heavy atom. The summed E-state index contributed by atoms with van der Waals surface area (Å²) in [5, 5.41) is 34.9. The van der Waals surface area contributed by atoms with E-state index in [2.05, 4.69) is 26.6 Å². The minimum absolute atomic E-state index is 0.0167. The molecule has 12 nitrogen and oxygen atoms in total. The highest BCUT2D eigenvalue weighted by Gasteiger charge is 2.54. The number of aliphatic hydroxyl groups excluding tert-OH is 1. The van der Waals surface area contributed by atoms with Crippen molar-refractivity contribution in [3.05, 3.63) is 106 Å². The molecule has 3 aromatic rings. The summed E-state index contributed by atoms with van der Waals surface area (Å²) in [7, 11) is 0. The normalized spacial score (nSPS) is 20.2. The molecule has 0 bridgehead atoms. The molecule has 292 valence electrons. The van der Waals surface area contributed by atoms with Crippen molar-refractivity contribution in [3.8, 4) is 17.6 Å². The van der Waals surface area contributed by atoms with Gasteiger partial charge in [-0.15, -0.1) is 0 Å². The van der Waals surface area contributed by atoms with E-state index in [4.69, 9.17) is 49.0 Å². The fourth-order valence-electron chi connectivity index (χ4n) is 6.36. The highest BCUT2D eigenvalue weighted by Crippen LogP contribution is 2.50. The average Bonchev–Trinajstić information content (AvgIpc) is 3.61. The summed E-state index contributed by atoms with van der Waals surface area (Å²) >= 11 is 21.5. The number of nitrogens with one attached hydrogen (secondary N) is 2. The van der Waals surface area contributed by atoms with Crippen molar-refractivity contribution in [1.82, 2.24) is 20.5 Å². The second-order valence-electron chi connectivity index (χ2n) is 13.8. The first-order chi connectivity index (χ1) is 26.3. The zero-order valence-corrected chi connectivity index (χ0v) is 32.8. The predicted octanol–water partition coefficient (Wildman–Crippen LogP) is 5.67. The summed E-state index contributed by atoms with van der Waals surface area (Å²) in [6.45, 7) is 4.68. The fraction of sp³-hybridized carbons (Fsp3) is 0.400. The van der Waals surface area contributed by atoms with Crippen molar-refractivity contribution in [2.75, 3.05) is 39.5 Å². The number of hydrogen-bond donors (Lipinski definition) is 4. The number of carboxylic acid groups (broad SMARTS) is 1. The van der Waals surface area contributed by atoms with Gasteiger partial charge in [0.1, 0.15) is 36.3 Å². The van der Waals surface area contributed by atoms with Gasteiger partial charge in [-0.25, -0.2) is 0 Å². The minimum Gasteiger partial charge on any atom is -0.488 e. The maximum Gasteiger partial charge on any atom is 0.326 e. The third-order valence-electron chi connectivity index (χ3n) is 9.57. The lowest BCUT2D eigenvalue weighted by Crippen LogP contribution is -2.53. The Hall–Kier alpha value is -4.19. The van der Waals surface area contributed by atoms with Gasteiger partial charge in [-0.05, 0) is 49.1 Å². The molecule has 1 aliphatic carbocycles. The highest BCUT2D eigenvalue weighted by atomic mass is 35.5. The summed E-state index contributed by atoms with van der Waals surface area (Å²) in [6, 6.07) is 16.5. The number of carboxylic acids is 1.